The second kappa shape index (κ2) is 3.76. The number of hydrogen-bond donors (Lipinski definition) is 1. The van der Waals surface area contributed by atoms with Gasteiger partial charge >= 0.3 is 0 Å². The van der Waals surface area contributed by atoms with Gasteiger partial charge in [-0.25, -0.2) is 0 Å². The summed E-state index contributed by atoms with van der Waals surface area (Å²) in [5.41, 5.74) is 2.46. The molecule has 0 aliphatic carbocycles. The van der Waals surface area contributed by atoms with Gasteiger partial charge in [-0.2, -0.15) is 0 Å². The topological polar surface area (TPSA) is 25.2 Å². The first-order valence-corrected chi connectivity index (χ1v) is 4.46. The molecule has 68 valence electrons. The first-order chi connectivity index (χ1) is 5.70. The molecule has 0 aromatic carbocycles. The van der Waals surface area contributed by atoms with Gasteiger partial charge in [0.25, 0.3) is 0 Å². The molecule has 1 heterocycles. The summed E-state index contributed by atoms with van der Waals surface area (Å²) < 4.78 is 2.19. The molecule has 0 saturated carbocycles. The Hall–Kier alpha value is -0.760. The predicted molar refractivity (Wildman–Crippen MR) is 50.3 cm³/mol. The summed E-state index contributed by atoms with van der Waals surface area (Å²) in [5.74, 6) is 0. The van der Waals surface area contributed by atoms with E-state index in [2.05, 4.69) is 37.5 Å². The molecule has 1 aromatic heterocycles. The molecule has 0 unspecified atom stereocenters. The Bertz CT molecular complexity index is 229. The van der Waals surface area contributed by atoms with Crippen molar-refractivity contribution in [3.8, 4) is 0 Å². The van der Waals surface area contributed by atoms with Gasteiger partial charge in [0.15, 0.2) is 0 Å². The molecule has 1 atom stereocenters. The van der Waals surface area contributed by atoms with Crippen molar-refractivity contribution in [2.24, 2.45) is 0 Å². The normalized spacial score (nSPS) is 13.3. The van der Waals surface area contributed by atoms with E-state index in [1.807, 2.05) is 0 Å². The summed E-state index contributed by atoms with van der Waals surface area (Å²) in [5, 5.41) is 9.13. The van der Waals surface area contributed by atoms with Crippen LogP contribution in [0.1, 0.15) is 30.8 Å². The molecule has 0 fully saturated rings. The van der Waals surface area contributed by atoms with Gasteiger partial charge in [-0.15, -0.1) is 0 Å². The van der Waals surface area contributed by atoms with Gasteiger partial charge < -0.3 is 9.67 Å². The van der Waals surface area contributed by atoms with E-state index in [9.17, 15) is 0 Å². The van der Waals surface area contributed by atoms with Crippen LogP contribution in [0.2, 0.25) is 0 Å². The predicted octanol–water partition coefficient (Wildman–Crippen LogP) is 2.05. The lowest BCUT2D eigenvalue weighted by molar-refractivity contribution is 0.221. The highest BCUT2D eigenvalue weighted by Crippen LogP contribution is 2.17. The van der Waals surface area contributed by atoms with Crippen molar-refractivity contribution >= 4 is 0 Å². The Morgan fingerprint density at radius 2 is 1.83 bits per heavy atom. The average Bonchev–Trinajstić information content (AvgIpc) is 2.38. The van der Waals surface area contributed by atoms with Crippen LogP contribution in [-0.4, -0.2) is 16.3 Å². The smallest absolute Gasteiger partial charge is 0.0638 e. The number of aliphatic hydroxyl groups excluding tert-OH is 1. The van der Waals surface area contributed by atoms with Gasteiger partial charge in [-0.1, -0.05) is 6.92 Å². The van der Waals surface area contributed by atoms with E-state index in [1.54, 1.807) is 0 Å². The summed E-state index contributed by atoms with van der Waals surface area (Å²) >= 11 is 0. The Labute approximate surface area is 73.8 Å². The maximum atomic E-state index is 9.13. The molecular formula is C10H17NO. The van der Waals surface area contributed by atoms with Gasteiger partial charge in [0.1, 0.15) is 0 Å². The van der Waals surface area contributed by atoms with E-state index in [1.165, 1.54) is 11.4 Å². The van der Waals surface area contributed by atoms with Crippen LogP contribution in [0.4, 0.5) is 0 Å². The molecule has 0 bridgehead atoms. The third-order valence-electron chi connectivity index (χ3n) is 2.37. The molecule has 0 radical (unpaired) electrons. The summed E-state index contributed by atoms with van der Waals surface area (Å²) in [4.78, 5) is 0. The lowest BCUT2D eigenvalue weighted by Crippen LogP contribution is -2.14. The second-order valence-corrected chi connectivity index (χ2v) is 3.23. The third kappa shape index (κ3) is 1.53. The number of nitrogens with zero attached hydrogens (tertiary/aromatic N) is 1. The summed E-state index contributed by atoms with van der Waals surface area (Å²) in [7, 11) is 0. The minimum atomic E-state index is 0.229. The van der Waals surface area contributed by atoms with Crippen LogP contribution in [0, 0.1) is 13.8 Å². The van der Waals surface area contributed by atoms with Gasteiger partial charge in [-0.3, -0.25) is 0 Å². The Morgan fingerprint density at radius 3 is 2.17 bits per heavy atom. The quantitative estimate of drug-likeness (QED) is 0.732. The van der Waals surface area contributed by atoms with E-state index in [4.69, 9.17) is 5.11 Å². The summed E-state index contributed by atoms with van der Waals surface area (Å²) in [6.07, 6.45) is 0.979. The Balaban J connectivity index is 2.98. The maximum Gasteiger partial charge on any atom is 0.0638 e. The van der Waals surface area contributed by atoms with Crippen molar-refractivity contribution in [1.82, 2.24) is 4.57 Å². The molecule has 1 aromatic rings. The van der Waals surface area contributed by atoms with Crippen molar-refractivity contribution in [3.63, 3.8) is 0 Å². The summed E-state index contributed by atoms with van der Waals surface area (Å²) in [6.45, 7) is 6.48. The number of rotatable bonds is 3. The van der Waals surface area contributed by atoms with E-state index in [0.717, 1.165) is 6.42 Å². The van der Waals surface area contributed by atoms with Crippen LogP contribution in [0.5, 0.6) is 0 Å². The average molecular weight is 167 g/mol. The number of hydrogen-bond acceptors (Lipinski definition) is 1. The van der Waals surface area contributed by atoms with Crippen molar-refractivity contribution in [2.45, 2.75) is 33.2 Å². The fourth-order valence-electron chi connectivity index (χ4n) is 1.65. The van der Waals surface area contributed by atoms with E-state index in [-0.39, 0.29) is 12.6 Å². The van der Waals surface area contributed by atoms with E-state index >= 15 is 0 Å². The van der Waals surface area contributed by atoms with Crippen molar-refractivity contribution in [2.75, 3.05) is 6.61 Å². The molecule has 0 aliphatic heterocycles. The maximum absolute atomic E-state index is 9.13. The van der Waals surface area contributed by atoms with Crippen LogP contribution < -0.4 is 0 Å². The largest absolute Gasteiger partial charge is 0.394 e. The highest BCUT2D eigenvalue weighted by atomic mass is 16.3. The molecule has 0 aliphatic rings. The minimum Gasteiger partial charge on any atom is -0.394 e. The standard InChI is InChI=1S/C10H17NO/c1-4-10(7-12)11-8(2)5-6-9(11)3/h5-6,10,12H,4,7H2,1-3H3/t10-/m0/s1. The van der Waals surface area contributed by atoms with Gasteiger partial charge in [0.05, 0.1) is 12.6 Å². The van der Waals surface area contributed by atoms with Crippen LogP contribution in [0.25, 0.3) is 0 Å². The highest BCUT2D eigenvalue weighted by molar-refractivity contribution is 5.14. The summed E-state index contributed by atoms with van der Waals surface area (Å²) in [6, 6.07) is 4.43. The van der Waals surface area contributed by atoms with Crippen molar-refractivity contribution in [3.05, 3.63) is 23.5 Å². The van der Waals surface area contributed by atoms with Crippen molar-refractivity contribution < 1.29 is 5.11 Å². The monoisotopic (exact) mass is 167 g/mol. The molecule has 1 rings (SSSR count). The SMILES string of the molecule is CC[C@@H](CO)n1c(C)ccc1C. The first-order valence-electron chi connectivity index (χ1n) is 4.46. The van der Waals surface area contributed by atoms with E-state index in [0.29, 0.717) is 0 Å². The zero-order valence-corrected chi connectivity index (χ0v) is 8.04. The molecule has 2 nitrogen and oxygen atoms in total. The van der Waals surface area contributed by atoms with Crippen LogP contribution in [0.3, 0.4) is 0 Å². The molecule has 0 saturated heterocycles. The fourth-order valence-corrected chi connectivity index (χ4v) is 1.65. The molecule has 0 spiro atoms. The fraction of sp³-hybridized carbons (Fsp3) is 0.600. The minimum absolute atomic E-state index is 0.229. The van der Waals surface area contributed by atoms with Crippen LogP contribution >= 0.6 is 0 Å². The zero-order valence-electron chi connectivity index (χ0n) is 8.04. The highest BCUT2D eigenvalue weighted by Gasteiger charge is 2.10. The molecule has 1 N–H and O–H groups in total. The van der Waals surface area contributed by atoms with Crippen molar-refractivity contribution in [1.29, 1.82) is 0 Å². The Kier molecular flexibility index (Phi) is 2.93. The molecule has 12 heavy (non-hydrogen) atoms. The zero-order chi connectivity index (χ0) is 9.14. The Morgan fingerprint density at radius 1 is 1.33 bits per heavy atom. The molecular weight excluding hydrogens is 150 g/mol. The third-order valence-corrected chi connectivity index (χ3v) is 2.37. The van der Waals surface area contributed by atoms with Crippen LogP contribution in [0.15, 0.2) is 12.1 Å². The number of aromatic nitrogens is 1. The van der Waals surface area contributed by atoms with Gasteiger partial charge in [0, 0.05) is 11.4 Å². The lowest BCUT2D eigenvalue weighted by atomic mass is 10.2. The molecule has 2 heteroatoms. The van der Waals surface area contributed by atoms with E-state index < -0.39 is 0 Å². The second-order valence-electron chi connectivity index (χ2n) is 3.23. The van der Waals surface area contributed by atoms with Gasteiger partial charge in [0.2, 0.25) is 0 Å². The first kappa shape index (κ1) is 9.33. The molecule has 0 amide bonds. The van der Waals surface area contributed by atoms with Gasteiger partial charge in [-0.05, 0) is 32.4 Å². The van der Waals surface area contributed by atoms with Crippen LogP contribution in [-0.2, 0) is 0 Å². The lowest BCUT2D eigenvalue weighted by Gasteiger charge is -2.18. The number of aliphatic hydroxyl groups is 1. The number of aryl methyl sites for hydroxylation is 2.